The highest BCUT2D eigenvalue weighted by Gasteiger charge is 2.20. The first kappa shape index (κ1) is 9.19. The summed E-state index contributed by atoms with van der Waals surface area (Å²) in [5.74, 6) is 0. The Kier molecular flexibility index (Phi) is 2.67. The van der Waals surface area contributed by atoms with Crippen LogP contribution in [-0.4, -0.2) is 16.0 Å². The zero-order chi connectivity index (χ0) is 9.26. The van der Waals surface area contributed by atoms with Crippen molar-refractivity contribution in [3.63, 3.8) is 0 Å². The first-order chi connectivity index (χ1) is 6.25. The van der Waals surface area contributed by atoms with Crippen LogP contribution in [0.4, 0.5) is 0 Å². The van der Waals surface area contributed by atoms with Crippen LogP contribution in [0.1, 0.15) is 18.4 Å². The van der Waals surface area contributed by atoms with Crippen molar-refractivity contribution in [1.82, 2.24) is 15.3 Å². The molecule has 0 aromatic carbocycles. The van der Waals surface area contributed by atoms with E-state index in [-0.39, 0.29) is 5.28 Å². The lowest BCUT2D eigenvalue weighted by atomic mass is 10.3. The molecule has 0 aliphatic heterocycles. The fraction of sp³-hybridized carbons (Fsp3) is 0.500. The second-order valence-corrected chi connectivity index (χ2v) is 3.81. The fourth-order valence-corrected chi connectivity index (χ4v) is 1.40. The van der Waals surface area contributed by atoms with Gasteiger partial charge in [0.1, 0.15) is 5.15 Å². The van der Waals surface area contributed by atoms with Gasteiger partial charge in [0, 0.05) is 24.3 Å². The van der Waals surface area contributed by atoms with Gasteiger partial charge >= 0.3 is 0 Å². The average Bonchev–Trinajstić information content (AvgIpc) is 2.86. The van der Waals surface area contributed by atoms with Gasteiger partial charge in [0.2, 0.25) is 5.28 Å². The van der Waals surface area contributed by atoms with Gasteiger partial charge in [-0.25, -0.2) is 9.97 Å². The van der Waals surface area contributed by atoms with Crippen LogP contribution in [0.2, 0.25) is 10.4 Å². The number of hydrogen-bond donors (Lipinski definition) is 1. The van der Waals surface area contributed by atoms with Gasteiger partial charge in [0.15, 0.2) is 0 Å². The highest BCUT2D eigenvalue weighted by atomic mass is 35.5. The quantitative estimate of drug-likeness (QED) is 0.623. The molecule has 13 heavy (non-hydrogen) atoms. The first-order valence-corrected chi connectivity index (χ1v) is 4.91. The molecular formula is C8H9Cl2N3. The largest absolute Gasteiger partial charge is 0.310 e. The number of nitrogens with zero attached hydrogens (tertiary/aromatic N) is 2. The molecule has 0 saturated heterocycles. The lowest BCUT2D eigenvalue weighted by molar-refractivity contribution is 0.683. The Morgan fingerprint density at radius 3 is 2.85 bits per heavy atom. The Morgan fingerprint density at radius 2 is 2.23 bits per heavy atom. The molecule has 3 nitrogen and oxygen atoms in total. The third-order valence-corrected chi connectivity index (χ3v) is 2.45. The van der Waals surface area contributed by atoms with Crippen LogP contribution >= 0.6 is 23.2 Å². The van der Waals surface area contributed by atoms with Crippen molar-refractivity contribution in [1.29, 1.82) is 0 Å². The van der Waals surface area contributed by atoms with Crippen LogP contribution in [-0.2, 0) is 6.54 Å². The van der Waals surface area contributed by atoms with Crippen molar-refractivity contribution in [2.24, 2.45) is 0 Å². The summed E-state index contributed by atoms with van der Waals surface area (Å²) in [6, 6.07) is 0.659. The summed E-state index contributed by atoms with van der Waals surface area (Å²) in [5, 5.41) is 3.96. The van der Waals surface area contributed by atoms with Crippen LogP contribution in [0.15, 0.2) is 6.20 Å². The Balaban J connectivity index is 2.01. The maximum Gasteiger partial charge on any atom is 0.223 e. The molecule has 0 amide bonds. The normalized spacial score (nSPS) is 16.2. The predicted octanol–water partition coefficient (Wildman–Crippen LogP) is 2.04. The third kappa shape index (κ3) is 2.53. The molecule has 0 spiro atoms. The van der Waals surface area contributed by atoms with E-state index >= 15 is 0 Å². The Hall–Kier alpha value is -0.380. The van der Waals surface area contributed by atoms with Crippen LogP contribution in [0, 0.1) is 0 Å². The van der Waals surface area contributed by atoms with Crippen molar-refractivity contribution in [2.75, 3.05) is 0 Å². The van der Waals surface area contributed by atoms with Crippen LogP contribution in [0.5, 0.6) is 0 Å². The highest BCUT2D eigenvalue weighted by molar-refractivity contribution is 6.32. The summed E-state index contributed by atoms with van der Waals surface area (Å²) in [5.41, 5.74) is 0.901. The summed E-state index contributed by atoms with van der Waals surface area (Å²) >= 11 is 11.4. The number of hydrogen-bond acceptors (Lipinski definition) is 3. The van der Waals surface area contributed by atoms with Gasteiger partial charge in [-0.1, -0.05) is 11.6 Å². The number of rotatable bonds is 3. The highest BCUT2D eigenvalue weighted by Crippen LogP contribution is 2.20. The van der Waals surface area contributed by atoms with Gasteiger partial charge < -0.3 is 5.32 Å². The maximum absolute atomic E-state index is 5.86. The number of nitrogens with one attached hydrogen (secondary N) is 1. The molecule has 0 atom stereocenters. The van der Waals surface area contributed by atoms with E-state index in [1.807, 2.05) is 0 Å². The maximum atomic E-state index is 5.86. The van der Waals surface area contributed by atoms with Crippen molar-refractivity contribution in [3.8, 4) is 0 Å². The molecule has 1 heterocycles. The lowest BCUT2D eigenvalue weighted by Crippen LogP contribution is -2.16. The van der Waals surface area contributed by atoms with Crippen molar-refractivity contribution >= 4 is 23.2 Å². The fourth-order valence-electron chi connectivity index (χ4n) is 1.03. The smallest absolute Gasteiger partial charge is 0.223 e. The average molecular weight is 218 g/mol. The monoisotopic (exact) mass is 217 g/mol. The molecule has 2 rings (SSSR count). The van der Waals surface area contributed by atoms with E-state index in [2.05, 4.69) is 15.3 Å². The molecule has 0 bridgehead atoms. The van der Waals surface area contributed by atoms with E-state index in [9.17, 15) is 0 Å². The summed E-state index contributed by atoms with van der Waals surface area (Å²) in [4.78, 5) is 7.72. The van der Waals surface area contributed by atoms with Gasteiger partial charge in [0.25, 0.3) is 0 Å². The second-order valence-electron chi connectivity index (χ2n) is 3.11. The first-order valence-electron chi connectivity index (χ1n) is 4.16. The SMILES string of the molecule is Clc1ncc(CNC2CC2)c(Cl)n1. The molecule has 0 radical (unpaired) electrons. The molecule has 1 aliphatic rings. The summed E-state index contributed by atoms with van der Waals surface area (Å²) in [6.07, 6.45) is 4.17. The second kappa shape index (κ2) is 3.78. The van der Waals surface area contributed by atoms with Crippen LogP contribution in [0.25, 0.3) is 0 Å². The molecule has 5 heteroatoms. The van der Waals surface area contributed by atoms with Gasteiger partial charge in [-0.2, -0.15) is 0 Å². The van der Waals surface area contributed by atoms with Gasteiger partial charge in [-0.3, -0.25) is 0 Å². The van der Waals surface area contributed by atoms with Gasteiger partial charge in [0.05, 0.1) is 0 Å². The molecular weight excluding hydrogens is 209 g/mol. The minimum Gasteiger partial charge on any atom is -0.310 e. The number of halogens is 2. The molecule has 1 N–H and O–H groups in total. The molecule has 0 unspecified atom stereocenters. The van der Waals surface area contributed by atoms with Crippen LogP contribution < -0.4 is 5.32 Å². The van der Waals surface area contributed by atoms with E-state index in [0.29, 0.717) is 11.2 Å². The Morgan fingerprint density at radius 1 is 1.46 bits per heavy atom. The zero-order valence-corrected chi connectivity index (χ0v) is 8.44. The summed E-state index contributed by atoms with van der Waals surface area (Å²) in [6.45, 7) is 0.723. The summed E-state index contributed by atoms with van der Waals surface area (Å²) in [7, 11) is 0. The van der Waals surface area contributed by atoms with E-state index in [4.69, 9.17) is 23.2 Å². The van der Waals surface area contributed by atoms with Crippen LogP contribution in [0.3, 0.4) is 0 Å². The number of aromatic nitrogens is 2. The summed E-state index contributed by atoms with van der Waals surface area (Å²) < 4.78 is 0. The van der Waals surface area contributed by atoms with E-state index < -0.39 is 0 Å². The van der Waals surface area contributed by atoms with Crippen molar-refractivity contribution in [2.45, 2.75) is 25.4 Å². The Bertz CT molecular complexity index is 312. The van der Waals surface area contributed by atoms with E-state index in [0.717, 1.165) is 12.1 Å². The van der Waals surface area contributed by atoms with E-state index in [1.165, 1.54) is 12.8 Å². The minimum atomic E-state index is 0.195. The Labute approximate surface area is 86.5 Å². The van der Waals surface area contributed by atoms with Gasteiger partial charge in [-0.05, 0) is 24.4 Å². The van der Waals surface area contributed by atoms with Crippen molar-refractivity contribution < 1.29 is 0 Å². The minimum absolute atomic E-state index is 0.195. The topological polar surface area (TPSA) is 37.8 Å². The van der Waals surface area contributed by atoms with Gasteiger partial charge in [-0.15, -0.1) is 0 Å². The van der Waals surface area contributed by atoms with Crippen molar-refractivity contribution in [3.05, 3.63) is 22.2 Å². The third-order valence-electron chi connectivity index (χ3n) is 1.94. The predicted molar refractivity (Wildman–Crippen MR) is 51.9 cm³/mol. The zero-order valence-electron chi connectivity index (χ0n) is 6.93. The molecule has 1 aliphatic carbocycles. The molecule has 1 aromatic heterocycles. The molecule has 1 aromatic rings. The lowest BCUT2D eigenvalue weighted by Gasteiger charge is -2.03. The van der Waals surface area contributed by atoms with E-state index in [1.54, 1.807) is 6.20 Å². The molecule has 1 fully saturated rings. The standard InChI is InChI=1S/C8H9Cl2N3/c9-7-5(3-11-6-1-2-6)4-12-8(10)13-7/h4,6,11H,1-3H2. The molecule has 70 valence electrons. The molecule has 1 saturated carbocycles.